The molecule has 0 fully saturated rings. The first-order chi connectivity index (χ1) is 10.2. The van der Waals surface area contributed by atoms with Crippen molar-refractivity contribution in [2.45, 2.75) is 32.7 Å². The molecule has 0 spiro atoms. The summed E-state index contributed by atoms with van der Waals surface area (Å²) < 4.78 is 0. The first kappa shape index (κ1) is 14.2. The quantitative estimate of drug-likeness (QED) is 0.901. The number of nitrogens with two attached hydrogens (primary N) is 1. The summed E-state index contributed by atoms with van der Waals surface area (Å²) in [5.74, 6) is 0.658. The fourth-order valence-electron chi connectivity index (χ4n) is 3.29. The van der Waals surface area contributed by atoms with Gasteiger partial charge < -0.3 is 10.6 Å². The molecule has 2 aromatic rings. The first-order valence-corrected chi connectivity index (χ1v) is 7.90. The summed E-state index contributed by atoms with van der Waals surface area (Å²) in [6.45, 7) is 5.53. The van der Waals surface area contributed by atoms with Gasteiger partial charge in [-0.2, -0.15) is 0 Å². The van der Waals surface area contributed by atoms with Gasteiger partial charge in [0.25, 0.3) is 0 Å². The molecule has 2 nitrogen and oxygen atoms in total. The van der Waals surface area contributed by atoms with Crippen LogP contribution in [0.25, 0.3) is 0 Å². The average Bonchev–Trinajstić information content (AvgIpc) is 2.53. The van der Waals surface area contributed by atoms with E-state index in [4.69, 9.17) is 5.73 Å². The highest BCUT2D eigenvalue weighted by Crippen LogP contribution is 2.38. The Morgan fingerprint density at radius 3 is 2.52 bits per heavy atom. The molecular weight excluding hydrogens is 256 g/mol. The van der Waals surface area contributed by atoms with Gasteiger partial charge >= 0.3 is 0 Å². The van der Waals surface area contributed by atoms with Crippen LogP contribution in [-0.4, -0.2) is 6.54 Å². The molecule has 2 N–H and O–H groups in total. The lowest BCUT2D eigenvalue weighted by molar-refractivity contribution is 0.560. The van der Waals surface area contributed by atoms with Crippen molar-refractivity contribution in [1.29, 1.82) is 0 Å². The van der Waals surface area contributed by atoms with Crippen molar-refractivity contribution in [2.24, 2.45) is 11.7 Å². The van der Waals surface area contributed by atoms with Gasteiger partial charge in [-0.1, -0.05) is 50.2 Å². The van der Waals surface area contributed by atoms with Gasteiger partial charge in [0.15, 0.2) is 0 Å². The molecule has 2 aromatic carbocycles. The Hall–Kier alpha value is -1.80. The first-order valence-electron chi connectivity index (χ1n) is 7.90. The van der Waals surface area contributed by atoms with Gasteiger partial charge in [0.2, 0.25) is 0 Å². The highest BCUT2D eigenvalue weighted by Gasteiger charge is 2.24. The Morgan fingerprint density at radius 2 is 1.76 bits per heavy atom. The number of hydrogen-bond donors (Lipinski definition) is 1. The molecule has 0 saturated carbocycles. The van der Waals surface area contributed by atoms with Crippen molar-refractivity contribution < 1.29 is 0 Å². The third-order valence-corrected chi connectivity index (χ3v) is 4.41. The fraction of sp³-hybridized carbons (Fsp3) is 0.368. The summed E-state index contributed by atoms with van der Waals surface area (Å²) in [6.07, 6.45) is 2.12. The number of hydrogen-bond acceptors (Lipinski definition) is 2. The maximum atomic E-state index is 6.33. The van der Waals surface area contributed by atoms with E-state index < -0.39 is 0 Å². The van der Waals surface area contributed by atoms with Crippen LogP contribution in [-0.2, 0) is 6.42 Å². The van der Waals surface area contributed by atoms with Crippen LogP contribution >= 0.6 is 0 Å². The molecule has 0 aromatic heterocycles. The molecule has 1 aliphatic heterocycles. The van der Waals surface area contributed by atoms with Crippen LogP contribution in [0, 0.1) is 5.92 Å². The zero-order valence-corrected chi connectivity index (χ0v) is 12.9. The second-order valence-electron chi connectivity index (χ2n) is 6.12. The van der Waals surface area contributed by atoms with Crippen LogP contribution in [0.2, 0.25) is 0 Å². The highest BCUT2D eigenvalue weighted by atomic mass is 15.1. The van der Waals surface area contributed by atoms with Gasteiger partial charge in [-0.3, -0.25) is 0 Å². The summed E-state index contributed by atoms with van der Waals surface area (Å²) in [4.78, 5) is 2.45. The summed E-state index contributed by atoms with van der Waals surface area (Å²) in [7, 11) is 0. The lowest BCUT2D eigenvalue weighted by atomic mass is 9.92. The number of fused-ring (bicyclic) bond motifs is 1. The smallest absolute Gasteiger partial charge is 0.0459 e. The minimum Gasteiger partial charge on any atom is -0.341 e. The molecule has 21 heavy (non-hydrogen) atoms. The van der Waals surface area contributed by atoms with Crippen molar-refractivity contribution in [3.05, 3.63) is 59.7 Å². The molecule has 0 saturated heterocycles. The average molecular weight is 280 g/mol. The Bertz CT molecular complexity index is 620. The molecule has 2 heteroatoms. The Labute approximate surface area is 127 Å². The number of benzene rings is 2. The monoisotopic (exact) mass is 280 g/mol. The van der Waals surface area contributed by atoms with E-state index in [1.807, 2.05) is 0 Å². The normalized spacial score (nSPS) is 19.2. The number of nitrogens with zero attached hydrogens (tertiary/aromatic N) is 1. The SMILES string of the molecule is CC[C@@H](N)c1ccccc1N1CC(C)Cc2ccccc21. The molecule has 0 bridgehead atoms. The van der Waals surface area contributed by atoms with Gasteiger partial charge in [-0.25, -0.2) is 0 Å². The lowest BCUT2D eigenvalue weighted by Crippen LogP contribution is -2.31. The number of anilines is 2. The van der Waals surface area contributed by atoms with Crippen molar-refractivity contribution >= 4 is 11.4 Å². The predicted octanol–water partition coefficient (Wildman–Crippen LogP) is 4.43. The maximum Gasteiger partial charge on any atom is 0.0459 e. The van der Waals surface area contributed by atoms with Crippen molar-refractivity contribution in [2.75, 3.05) is 11.4 Å². The topological polar surface area (TPSA) is 29.3 Å². The predicted molar refractivity (Wildman–Crippen MR) is 90.0 cm³/mol. The van der Waals surface area contributed by atoms with Crippen LogP contribution in [0.3, 0.4) is 0 Å². The summed E-state index contributed by atoms with van der Waals surface area (Å²) in [5, 5.41) is 0. The fourth-order valence-corrected chi connectivity index (χ4v) is 3.29. The van der Waals surface area contributed by atoms with E-state index in [1.165, 1.54) is 22.5 Å². The third kappa shape index (κ3) is 2.68. The molecule has 0 aliphatic carbocycles. The van der Waals surface area contributed by atoms with E-state index in [0.29, 0.717) is 5.92 Å². The molecule has 110 valence electrons. The molecule has 2 atom stereocenters. The zero-order valence-electron chi connectivity index (χ0n) is 12.9. The van der Waals surface area contributed by atoms with Crippen LogP contribution in [0.5, 0.6) is 0 Å². The van der Waals surface area contributed by atoms with Crippen molar-refractivity contribution in [3.8, 4) is 0 Å². The standard InChI is InChI=1S/C19H24N2/c1-3-17(20)16-9-5-7-11-19(16)21-13-14(2)12-15-8-4-6-10-18(15)21/h4-11,14,17H,3,12-13,20H2,1-2H3/t14?,17-/m1/s1. The number of para-hydroxylation sites is 2. The number of rotatable bonds is 3. The van der Waals surface area contributed by atoms with Gasteiger partial charge in [-0.15, -0.1) is 0 Å². The second-order valence-corrected chi connectivity index (χ2v) is 6.12. The van der Waals surface area contributed by atoms with Gasteiger partial charge in [0, 0.05) is 24.0 Å². The van der Waals surface area contributed by atoms with Gasteiger partial charge in [0.05, 0.1) is 0 Å². The molecule has 3 rings (SSSR count). The van der Waals surface area contributed by atoms with Crippen LogP contribution in [0.15, 0.2) is 48.5 Å². The van der Waals surface area contributed by atoms with E-state index in [2.05, 4.69) is 67.3 Å². The van der Waals surface area contributed by atoms with Gasteiger partial charge in [0.1, 0.15) is 0 Å². The minimum absolute atomic E-state index is 0.102. The molecule has 1 aliphatic rings. The minimum atomic E-state index is 0.102. The molecule has 0 amide bonds. The molecule has 1 heterocycles. The van der Waals surface area contributed by atoms with E-state index in [1.54, 1.807) is 0 Å². The highest BCUT2D eigenvalue weighted by molar-refractivity contribution is 5.70. The second kappa shape index (κ2) is 5.90. The van der Waals surface area contributed by atoms with Gasteiger partial charge in [-0.05, 0) is 42.0 Å². The van der Waals surface area contributed by atoms with Crippen LogP contribution < -0.4 is 10.6 Å². The van der Waals surface area contributed by atoms with E-state index in [9.17, 15) is 0 Å². The van der Waals surface area contributed by atoms with Crippen molar-refractivity contribution in [3.63, 3.8) is 0 Å². The third-order valence-electron chi connectivity index (χ3n) is 4.41. The van der Waals surface area contributed by atoms with Crippen LogP contribution in [0.1, 0.15) is 37.4 Å². The lowest BCUT2D eigenvalue weighted by Gasteiger charge is -2.36. The summed E-state index contributed by atoms with van der Waals surface area (Å²) in [6, 6.07) is 17.4. The van der Waals surface area contributed by atoms with E-state index in [-0.39, 0.29) is 6.04 Å². The van der Waals surface area contributed by atoms with E-state index in [0.717, 1.165) is 19.4 Å². The molecule has 0 radical (unpaired) electrons. The molecular formula is C19H24N2. The van der Waals surface area contributed by atoms with Crippen LogP contribution in [0.4, 0.5) is 11.4 Å². The Morgan fingerprint density at radius 1 is 1.10 bits per heavy atom. The Balaban J connectivity index is 2.09. The summed E-state index contributed by atoms with van der Waals surface area (Å²) in [5.41, 5.74) is 11.6. The Kier molecular flexibility index (Phi) is 3.98. The largest absolute Gasteiger partial charge is 0.341 e. The maximum absolute atomic E-state index is 6.33. The van der Waals surface area contributed by atoms with E-state index >= 15 is 0 Å². The summed E-state index contributed by atoms with van der Waals surface area (Å²) >= 11 is 0. The zero-order chi connectivity index (χ0) is 14.8. The van der Waals surface area contributed by atoms with Crippen molar-refractivity contribution in [1.82, 2.24) is 0 Å². The molecule has 1 unspecified atom stereocenters.